The van der Waals surface area contributed by atoms with Crippen molar-refractivity contribution in [3.63, 3.8) is 0 Å². The van der Waals surface area contributed by atoms with E-state index in [1.165, 1.54) is 4.31 Å². The van der Waals surface area contributed by atoms with E-state index in [0.717, 1.165) is 17.4 Å². The van der Waals surface area contributed by atoms with Crippen LogP contribution in [-0.4, -0.2) is 34.1 Å². The summed E-state index contributed by atoms with van der Waals surface area (Å²) in [4.78, 5) is 13.4. The molecule has 1 amide bonds. The summed E-state index contributed by atoms with van der Waals surface area (Å²) in [6.45, 7) is 4.92. The Hall–Kier alpha value is -3.26. The van der Waals surface area contributed by atoms with Gasteiger partial charge in [0.2, 0.25) is 5.91 Å². The second kappa shape index (κ2) is 8.26. The highest BCUT2D eigenvalue weighted by molar-refractivity contribution is 7.93. The summed E-state index contributed by atoms with van der Waals surface area (Å²) in [5.74, 6) is 1.07. The van der Waals surface area contributed by atoms with Crippen LogP contribution in [0, 0.1) is 5.92 Å². The Bertz CT molecular complexity index is 1330. The molecule has 0 unspecified atom stereocenters. The van der Waals surface area contributed by atoms with Crippen molar-refractivity contribution in [3.8, 4) is 11.5 Å². The van der Waals surface area contributed by atoms with Crippen LogP contribution in [0.4, 0.5) is 5.69 Å². The summed E-state index contributed by atoms with van der Waals surface area (Å²) in [7, 11) is -3.79. The molecule has 33 heavy (non-hydrogen) atoms. The predicted octanol–water partition coefficient (Wildman–Crippen LogP) is 4.02. The molecule has 2 aliphatic rings. The van der Waals surface area contributed by atoms with E-state index in [1.54, 1.807) is 18.2 Å². The molecule has 5 rings (SSSR count). The average Bonchev–Trinajstić information content (AvgIpc) is 2.94. The molecule has 0 spiro atoms. The number of hydrogen-bond acceptors (Lipinski definition) is 5. The number of carbonyl (C=O) groups is 1. The summed E-state index contributed by atoms with van der Waals surface area (Å²) in [6, 6.07) is 16.0. The van der Waals surface area contributed by atoms with Gasteiger partial charge in [0.05, 0.1) is 29.8 Å². The van der Waals surface area contributed by atoms with Crippen molar-refractivity contribution < 1.29 is 22.7 Å². The third kappa shape index (κ3) is 3.78. The molecular formula is C25H26N2O5S. The molecule has 1 N–H and O–H groups in total. The third-order valence-corrected chi connectivity index (χ3v) is 7.88. The zero-order valence-corrected chi connectivity index (χ0v) is 19.4. The number of anilines is 1. The molecule has 0 aromatic heterocycles. The smallest absolute Gasteiger partial charge is 0.265 e. The molecule has 0 radical (unpaired) electrons. The zero-order valence-electron chi connectivity index (χ0n) is 18.6. The molecular weight excluding hydrogens is 440 g/mol. The summed E-state index contributed by atoms with van der Waals surface area (Å²) in [5, 5.41) is 4.54. The predicted molar refractivity (Wildman–Crippen MR) is 126 cm³/mol. The number of nitrogens with zero attached hydrogens (tertiary/aromatic N) is 1. The van der Waals surface area contributed by atoms with Crippen LogP contribution in [0.25, 0.3) is 10.8 Å². The lowest BCUT2D eigenvalue weighted by Crippen LogP contribution is -2.41. The minimum atomic E-state index is -3.79. The monoisotopic (exact) mass is 466 g/mol. The van der Waals surface area contributed by atoms with E-state index in [1.807, 2.05) is 50.2 Å². The van der Waals surface area contributed by atoms with Gasteiger partial charge < -0.3 is 14.8 Å². The van der Waals surface area contributed by atoms with Crippen molar-refractivity contribution in [3.05, 3.63) is 60.2 Å². The number of benzene rings is 3. The van der Waals surface area contributed by atoms with Gasteiger partial charge in [-0.15, -0.1) is 0 Å². The number of hydrogen-bond donors (Lipinski definition) is 1. The van der Waals surface area contributed by atoms with Gasteiger partial charge in [0, 0.05) is 11.8 Å². The Labute approximate surface area is 193 Å². The van der Waals surface area contributed by atoms with Crippen molar-refractivity contribution in [1.29, 1.82) is 0 Å². The van der Waals surface area contributed by atoms with Crippen LogP contribution in [-0.2, 0) is 14.8 Å². The van der Waals surface area contributed by atoms with Gasteiger partial charge in [-0.3, -0.25) is 9.10 Å². The molecule has 1 atom stereocenters. The zero-order chi connectivity index (χ0) is 23.2. The summed E-state index contributed by atoms with van der Waals surface area (Å²) < 4.78 is 39.1. The second-order valence-corrected chi connectivity index (χ2v) is 10.5. The number of carbonyl (C=O) groups excluding carboxylic acids is 1. The fourth-order valence-corrected chi connectivity index (χ4v) is 6.15. The first-order valence-corrected chi connectivity index (χ1v) is 12.5. The highest BCUT2D eigenvalue weighted by atomic mass is 32.2. The molecule has 8 heteroatoms. The fourth-order valence-electron chi connectivity index (χ4n) is 4.49. The standard InChI is InChI=1S/C25H26N2O5S/c1-16(2)25(18-10-11-20-21(14-18)32-13-5-12-31-20)26-23(28)15-27-19-8-3-6-17-7-4-9-22(24(17)19)33(27,29)30/h3-4,6-11,14,16,25H,5,12-13,15H2,1-2H3,(H,26,28)/t25-/m0/s1. The molecule has 0 saturated carbocycles. The molecule has 0 bridgehead atoms. The van der Waals surface area contributed by atoms with Gasteiger partial charge in [-0.25, -0.2) is 8.42 Å². The average molecular weight is 467 g/mol. The van der Waals surface area contributed by atoms with Gasteiger partial charge in [-0.2, -0.15) is 0 Å². The number of rotatable bonds is 5. The number of ether oxygens (including phenoxy) is 2. The van der Waals surface area contributed by atoms with E-state index in [9.17, 15) is 13.2 Å². The van der Waals surface area contributed by atoms with Crippen molar-refractivity contribution in [2.75, 3.05) is 24.1 Å². The second-order valence-electron chi connectivity index (χ2n) is 8.69. The molecule has 172 valence electrons. The van der Waals surface area contributed by atoms with Gasteiger partial charge in [0.1, 0.15) is 6.54 Å². The van der Waals surface area contributed by atoms with Crippen LogP contribution in [0.2, 0.25) is 0 Å². The van der Waals surface area contributed by atoms with Crippen molar-refractivity contribution >= 4 is 32.4 Å². The van der Waals surface area contributed by atoms with Crippen molar-refractivity contribution in [2.45, 2.75) is 31.2 Å². The van der Waals surface area contributed by atoms with Crippen LogP contribution in [0.5, 0.6) is 11.5 Å². The Morgan fingerprint density at radius 1 is 1.03 bits per heavy atom. The Kier molecular flexibility index (Phi) is 5.40. The van der Waals surface area contributed by atoms with Gasteiger partial charge in [-0.1, -0.05) is 44.2 Å². The SMILES string of the molecule is CC(C)[C@H](NC(=O)CN1c2cccc3cccc(c23)S1(=O)=O)c1ccc2c(c1)OCCCO2. The number of amides is 1. The fraction of sp³-hybridized carbons (Fsp3) is 0.320. The normalized spacial score (nSPS) is 17.1. The van der Waals surface area contributed by atoms with Crippen LogP contribution in [0.3, 0.4) is 0 Å². The van der Waals surface area contributed by atoms with Crippen LogP contribution < -0.4 is 19.1 Å². The Morgan fingerprint density at radius 3 is 2.52 bits per heavy atom. The van der Waals surface area contributed by atoms with Crippen LogP contribution >= 0.6 is 0 Å². The molecule has 0 aliphatic carbocycles. The quantitative estimate of drug-likeness (QED) is 0.614. The van der Waals surface area contributed by atoms with E-state index in [4.69, 9.17) is 9.47 Å². The molecule has 7 nitrogen and oxygen atoms in total. The molecule has 2 aliphatic heterocycles. The van der Waals surface area contributed by atoms with Crippen LogP contribution in [0.15, 0.2) is 59.5 Å². The van der Waals surface area contributed by atoms with Crippen molar-refractivity contribution in [1.82, 2.24) is 5.32 Å². The maximum Gasteiger partial charge on any atom is 0.265 e. The first-order valence-electron chi connectivity index (χ1n) is 11.1. The molecule has 0 fully saturated rings. The first-order chi connectivity index (χ1) is 15.9. The van der Waals surface area contributed by atoms with E-state index in [2.05, 4.69) is 5.32 Å². The largest absolute Gasteiger partial charge is 0.490 e. The number of nitrogens with one attached hydrogen (secondary N) is 1. The van der Waals surface area contributed by atoms with Crippen molar-refractivity contribution in [2.24, 2.45) is 5.92 Å². The summed E-state index contributed by atoms with van der Waals surface area (Å²) >= 11 is 0. The Morgan fingerprint density at radius 2 is 1.76 bits per heavy atom. The lowest BCUT2D eigenvalue weighted by Gasteiger charge is -2.25. The van der Waals surface area contributed by atoms with E-state index >= 15 is 0 Å². The van der Waals surface area contributed by atoms with E-state index < -0.39 is 10.0 Å². The first kappa shape index (κ1) is 21.6. The number of fused-ring (bicyclic) bond motifs is 1. The maximum atomic E-state index is 13.2. The molecule has 0 saturated heterocycles. The lowest BCUT2D eigenvalue weighted by molar-refractivity contribution is -0.120. The van der Waals surface area contributed by atoms with Gasteiger partial charge in [-0.05, 0) is 41.1 Å². The lowest BCUT2D eigenvalue weighted by atomic mass is 9.95. The molecule has 2 heterocycles. The molecule has 3 aromatic carbocycles. The van der Waals surface area contributed by atoms with Gasteiger partial charge >= 0.3 is 0 Å². The highest BCUT2D eigenvalue weighted by Gasteiger charge is 2.37. The maximum absolute atomic E-state index is 13.2. The minimum absolute atomic E-state index is 0.0783. The Balaban J connectivity index is 1.40. The van der Waals surface area contributed by atoms with Crippen LogP contribution in [0.1, 0.15) is 31.9 Å². The van der Waals surface area contributed by atoms with Gasteiger partial charge in [0.15, 0.2) is 11.5 Å². The van der Waals surface area contributed by atoms with E-state index in [-0.39, 0.29) is 29.3 Å². The summed E-state index contributed by atoms with van der Waals surface area (Å²) in [5.41, 5.74) is 1.42. The topological polar surface area (TPSA) is 84.9 Å². The number of sulfonamides is 1. The minimum Gasteiger partial charge on any atom is -0.490 e. The third-order valence-electron chi connectivity index (χ3n) is 6.08. The summed E-state index contributed by atoms with van der Waals surface area (Å²) in [6.07, 6.45) is 0.813. The molecule has 3 aromatic rings. The van der Waals surface area contributed by atoms with Gasteiger partial charge in [0.25, 0.3) is 10.0 Å². The highest BCUT2D eigenvalue weighted by Crippen LogP contribution is 2.42. The van der Waals surface area contributed by atoms with E-state index in [0.29, 0.717) is 35.8 Å².